The van der Waals surface area contributed by atoms with Crippen molar-refractivity contribution < 1.29 is 4.79 Å². The van der Waals surface area contributed by atoms with Gasteiger partial charge in [-0.1, -0.05) is 11.6 Å². The number of likely N-dealkylation sites (N-methyl/N-ethyl adjacent to an activating group) is 1. The predicted molar refractivity (Wildman–Crippen MR) is 51.2 cm³/mol. The number of carbonyl (C=O) groups is 1. The molecule has 0 bridgehead atoms. The van der Waals surface area contributed by atoms with Crippen LogP contribution in [0.1, 0.15) is 6.92 Å². The topological polar surface area (TPSA) is 32.3 Å². The van der Waals surface area contributed by atoms with Crippen molar-refractivity contribution in [1.29, 1.82) is 0 Å². The maximum absolute atomic E-state index is 11.0. The van der Waals surface area contributed by atoms with Crippen LogP contribution in [0.2, 0.25) is 0 Å². The van der Waals surface area contributed by atoms with E-state index in [4.69, 9.17) is 11.6 Å². The van der Waals surface area contributed by atoms with Crippen molar-refractivity contribution in [2.24, 2.45) is 0 Å². The van der Waals surface area contributed by atoms with Gasteiger partial charge < -0.3 is 10.2 Å². The van der Waals surface area contributed by atoms with Crippen molar-refractivity contribution in [2.45, 2.75) is 6.92 Å². The summed E-state index contributed by atoms with van der Waals surface area (Å²) in [4.78, 5) is 12.6. The summed E-state index contributed by atoms with van der Waals surface area (Å²) in [5.41, 5.74) is 2.52. The van der Waals surface area contributed by atoms with Crippen molar-refractivity contribution >= 4 is 17.5 Å². The number of rotatable bonds is 4. The third-order valence-electron chi connectivity index (χ3n) is 1.37. The van der Waals surface area contributed by atoms with E-state index in [1.807, 2.05) is 6.92 Å². The molecule has 0 fully saturated rings. The first-order chi connectivity index (χ1) is 5.57. The molecule has 0 atom stereocenters. The minimum atomic E-state index is 0.0670. The summed E-state index contributed by atoms with van der Waals surface area (Å²) in [6.45, 7) is 2.91. The second-order valence-electron chi connectivity index (χ2n) is 2.85. The second-order valence-corrected chi connectivity index (χ2v) is 3.07. The lowest BCUT2D eigenvalue weighted by Gasteiger charge is -2.10. The van der Waals surface area contributed by atoms with Gasteiger partial charge in [0.25, 0.3) is 0 Å². The molecule has 0 aromatic rings. The Morgan fingerprint density at radius 2 is 2.08 bits per heavy atom. The van der Waals surface area contributed by atoms with Crippen molar-refractivity contribution in [3.8, 4) is 0 Å². The fourth-order valence-corrected chi connectivity index (χ4v) is 0.640. The molecule has 4 heteroatoms. The fraction of sp³-hybridized carbons (Fsp3) is 0.625. The average molecular weight is 191 g/mol. The van der Waals surface area contributed by atoms with Gasteiger partial charge in [-0.3, -0.25) is 4.79 Å². The highest BCUT2D eigenvalue weighted by molar-refractivity contribution is 6.25. The third-order valence-corrected chi connectivity index (χ3v) is 1.74. The molecule has 0 aliphatic rings. The van der Waals surface area contributed by atoms with E-state index in [0.29, 0.717) is 13.1 Å². The van der Waals surface area contributed by atoms with Gasteiger partial charge in [-0.15, -0.1) is 0 Å². The molecule has 0 aliphatic heterocycles. The second kappa shape index (κ2) is 6.03. The van der Waals surface area contributed by atoms with E-state index in [9.17, 15) is 4.79 Å². The van der Waals surface area contributed by atoms with Crippen LogP contribution in [-0.4, -0.2) is 38.0 Å². The molecular weight excluding hydrogens is 176 g/mol. The zero-order valence-corrected chi connectivity index (χ0v) is 8.48. The van der Waals surface area contributed by atoms with Gasteiger partial charge in [-0.2, -0.15) is 0 Å². The van der Waals surface area contributed by atoms with Gasteiger partial charge >= 0.3 is 0 Å². The number of hydrogen-bond acceptors (Lipinski definition) is 2. The van der Waals surface area contributed by atoms with Crippen LogP contribution in [0.4, 0.5) is 0 Å². The molecule has 0 rings (SSSR count). The minimum absolute atomic E-state index is 0.0670. The van der Waals surface area contributed by atoms with E-state index < -0.39 is 0 Å². The molecule has 0 saturated heterocycles. The molecule has 0 radical (unpaired) electrons. The molecule has 0 aliphatic carbocycles. The Hall–Kier alpha value is -0.540. The van der Waals surface area contributed by atoms with Crippen molar-refractivity contribution in [1.82, 2.24) is 10.2 Å². The highest BCUT2D eigenvalue weighted by atomic mass is 35.5. The van der Waals surface area contributed by atoms with Crippen LogP contribution in [0.15, 0.2) is 11.1 Å². The zero-order chi connectivity index (χ0) is 9.56. The molecule has 0 heterocycles. The fourth-order valence-electron chi connectivity index (χ4n) is 0.563. The van der Waals surface area contributed by atoms with E-state index in [1.54, 1.807) is 19.0 Å². The van der Waals surface area contributed by atoms with Gasteiger partial charge in [0.1, 0.15) is 0 Å². The van der Waals surface area contributed by atoms with Crippen LogP contribution in [0, 0.1) is 0 Å². The van der Waals surface area contributed by atoms with Crippen LogP contribution >= 0.6 is 11.6 Å². The first-order valence-corrected chi connectivity index (χ1v) is 4.18. The standard InChI is InChI=1S/C8H15ClN2O/c1-7(4-9)5-10-6-8(12)11(2)3/h4,10H,5-6H2,1-3H3. The SMILES string of the molecule is CC(=CCl)CNCC(=O)N(C)C. The Morgan fingerprint density at radius 1 is 1.50 bits per heavy atom. The Kier molecular flexibility index (Phi) is 5.76. The third kappa shape index (κ3) is 5.16. The van der Waals surface area contributed by atoms with Crippen LogP contribution in [0.25, 0.3) is 0 Å². The van der Waals surface area contributed by atoms with E-state index in [-0.39, 0.29) is 5.91 Å². The maximum Gasteiger partial charge on any atom is 0.236 e. The van der Waals surface area contributed by atoms with Gasteiger partial charge in [0.15, 0.2) is 0 Å². The lowest BCUT2D eigenvalue weighted by Crippen LogP contribution is -2.33. The zero-order valence-electron chi connectivity index (χ0n) is 7.72. The number of amides is 1. The number of hydrogen-bond donors (Lipinski definition) is 1. The largest absolute Gasteiger partial charge is 0.348 e. The molecule has 1 N–H and O–H groups in total. The van der Waals surface area contributed by atoms with Crippen molar-refractivity contribution in [3.63, 3.8) is 0 Å². The lowest BCUT2D eigenvalue weighted by molar-refractivity contribution is -0.127. The summed E-state index contributed by atoms with van der Waals surface area (Å²) in [5.74, 6) is 0.0670. The lowest BCUT2D eigenvalue weighted by atomic mass is 10.3. The number of nitrogens with zero attached hydrogens (tertiary/aromatic N) is 1. The highest BCUT2D eigenvalue weighted by Gasteiger charge is 2.01. The van der Waals surface area contributed by atoms with Crippen LogP contribution in [0.5, 0.6) is 0 Å². The van der Waals surface area contributed by atoms with E-state index in [2.05, 4.69) is 5.32 Å². The summed E-state index contributed by atoms with van der Waals surface area (Å²) in [6.07, 6.45) is 0. The average Bonchev–Trinajstić information content (AvgIpc) is 2.03. The summed E-state index contributed by atoms with van der Waals surface area (Å²) in [7, 11) is 3.46. The predicted octanol–water partition coefficient (Wildman–Crippen LogP) is 0.807. The van der Waals surface area contributed by atoms with Gasteiger partial charge in [-0.05, 0) is 12.5 Å². The van der Waals surface area contributed by atoms with E-state index in [1.165, 1.54) is 5.54 Å². The maximum atomic E-state index is 11.0. The Labute approximate surface area is 78.4 Å². The Balaban J connectivity index is 3.51. The number of carbonyl (C=O) groups excluding carboxylic acids is 1. The summed E-state index contributed by atoms with van der Waals surface area (Å²) >= 11 is 5.43. The smallest absolute Gasteiger partial charge is 0.236 e. The Bertz CT molecular complexity index is 178. The normalized spacial score (nSPS) is 11.5. The summed E-state index contributed by atoms with van der Waals surface area (Å²) < 4.78 is 0. The van der Waals surface area contributed by atoms with Crippen LogP contribution in [-0.2, 0) is 4.79 Å². The van der Waals surface area contributed by atoms with Gasteiger partial charge in [0, 0.05) is 26.2 Å². The minimum Gasteiger partial charge on any atom is -0.348 e. The molecule has 70 valence electrons. The van der Waals surface area contributed by atoms with Gasteiger partial charge in [0.2, 0.25) is 5.91 Å². The molecule has 12 heavy (non-hydrogen) atoms. The Morgan fingerprint density at radius 3 is 2.50 bits per heavy atom. The number of halogens is 1. The molecule has 0 unspecified atom stereocenters. The summed E-state index contributed by atoms with van der Waals surface area (Å²) in [6, 6.07) is 0. The summed E-state index contributed by atoms with van der Waals surface area (Å²) in [5, 5.41) is 2.97. The molecule has 0 aromatic carbocycles. The first kappa shape index (κ1) is 11.5. The molecule has 0 aromatic heterocycles. The van der Waals surface area contributed by atoms with Crippen molar-refractivity contribution in [3.05, 3.63) is 11.1 Å². The van der Waals surface area contributed by atoms with Crippen molar-refractivity contribution in [2.75, 3.05) is 27.2 Å². The highest BCUT2D eigenvalue weighted by Crippen LogP contribution is 1.91. The molecule has 1 amide bonds. The molecule has 0 spiro atoms. The first-order valence-electron chi connectivity index (χ1n) is 3.74. The van der Waals surface area contributed by atoms with E-state index in [0.717, 1.165) is 5.57 Å². The monoisotopic (exact) mass is 190 g/mol. The molecular formula is C8H15ClN2O. The molecule has 3 nitrogen and oxygen atoms in total. The van der Waals surface area contributed by atoms with Crippen LogP contribution in [0.3, 0.4) is 0 Å². The number of nitrogens with one attached hydrogen (secondary N) is 1. The van der Waals surface area contributed by atoms with Gasteiger partial charge in [-0.25, -0.2) is 0 Å². The van der Waals surface area contributed by atoms with Crippen LogP contribution < -0.4 is 5.32 Å². The molecule has 0 saturated carbocycles. The quantitative estimate of drug-likeness (QED) is 0.712. The van der Waals surface area contributed by atoms with Gasteiger partial charge in [0.05, 0.1) is 6.54 Å². The van der Waals surface area contributed by atoms with E-state index >= 15 is 0 Å².